The fourth-order valence-electron chi connectivity index (χ4n) is 5.15. The molecule has 1 atom stereocenters. The van der Waals surface area contributed by atoms with Gasteiger partial charge in [0.1, 0.15) is 17.0 Å². The van der Waals surface area contributed by atoms with E-state index in [2.05, 4.69) is 39.5 Å². The zero-order chi connectivity index (χ0) is 30.7. The third-order valence-corrected chi connectivity index (χ3v) is 8.28. The Morgan fingerprint density at radius 2 is 1.91 bits per heavy atom. The smallest absolute Gasteiger partial charge is 0.247 e. The zero-order valence-electron chi connectivity index (χ0n) is 24.4. The van der Waals surface area contributed by atoms with Crippen LogP contribution in [0.25, 0.3) is 22.2 Å². The Kier molecular flexibility index (Phi) is 9.19. The van der Waals surface area contributed by atoms with Crippen LogP contribution >= 0.6 is 23.2 Å². The highest BCUT2D eigenvalue weighted by molar-refractivity contribution is 6.41. The van der Waals surface area contributed by atoms with Crippen LogP contribution in [0.15, 0.2) is 49.2 Å². The first-order chi connectivity index (χ1) is 20.7. The third kappa shape index (κ3) is 6.31. The molecule has 5 rings (SSSR count). The Balaban J connectivity index is 1.61. The highest BCUT2D eigenvalue weighted by Gasteiger charge is 2.24. The number of nitrogens with zero attached hydrogens (tertiary/aromatic N) is 4. The number of amides is 1. The van der Waals surface area contributed by atoms with E-state index in [9.17, 15) is 4.79 Å². The highest BCUT2D eigenvalue weighted by atomic mass is 35.5. The summed E-state index contributed by atoms with van der Waals surface area (Å²) >= 11 is 13.5. The minimum Gasteiger partial charge on any atom is -0.495 e. The van der Waals surface area contributed by atoms with Gasteiger partial charge in [0.25, 0.3) is 0 Å². The van der Waals surface area contributed by atoms with E-state index in [0.29, 0.717) is 74.0 Å². The summed E-state index contributed by atoms with van der Waals surface area (Å²) in [5.41, 5.74) is 3.76. The molecule has 0 saturated carbocycles. The van der Waals surface area contributed by atoms with Gasteiger partial charge in [0, 0.05) is 35.8 Å². The number of para-hydroxylation sites is 1. The number of carbonyl (C=O) groups is 1. The average molecular weight is 623 g/mol. The van der Waals surface area contributed by atoms with E-state index in [1.165, 1.54) is 20.3 Å². The van der Waals surface area contributed by atoms with Gasteiger partial charge in [-0.2, -0.15) is 0 Å². The van der Waals surface area contributed by atoms with Crippen LogP contribution in [0.5, 0.6) is 11.5 Å². The number of carbonyl (C=O) groups excluding carboxylic acids is 1. The van der Waals surface area contributed by atoms with Gasteiger partial charge in [-0.15, -0.1) is 0 Å². The van der Waals surface area contributed by atoms with Crippen LogP contribution in [0.1, 0.15) is 18.4 Å². The van der Waals surface area contributed by atoms with Gasteiger partial charge in [0.2, 0.25) is 11.9 Å². The summed E-state index contributed by atoms with van der Waals surface area (Å²) in [5.74, 6) is 1.40. The predicted molar refractivity (Wildman–Crippen MR) is 173 cm³/mol. The largest absolute Gasteiger partial charge is 0.495 e. The zero-order valence-corrected chi connectivity index (χ0v) is 25.9. The summed E-state index contributed by atoms with van der Waals surface area (Å²) in [7, 11) is 5.18. The Morgan fingerprint density at radius 3 is 2.56 bits per heavy atom. The van der Waals surface area contributed by atoms with Gasteiger partial charge in [-0.25, -0.2) is 15.0 Å². The Labute approximate surface area is 260 Å². The van der Waals surface area contributed by atoms with Crippen LogP contribution in [0.4, 0.5) is 23.1 Å². The van der Waals surface area contributed by atoms with E-state index in [-0.39, 0.29) is 5.91 Å². The average Bonchev–Trinajstić information content (AvgIpc) is 3.42. The van der Waals surface area contributed by atoms with E-state index in [1.54, 1.807) is 18.3 Å². The number of aromatic nitrogens is 3. The molecule has 1 unspecified atom stereocenters. The third-order valence-electron chi connectivity index (χ3n) is 7.53. The van der Waals surface area contributed by atoms with Crippen molar-refractivity contribution in [3.63, 3.8) is 0 Å². The minimum atomic E-state index is -0.320. The van der Waals surface area contributed by atoms with Crippen molar-refractivity contribution in [3.05, 3.63) is 64.8 Å². The van der Waals surface area contributed by atoms with Gasteiger partial charge in [-0.05, 0) is 57.1 Å². The Bertz CT molecular complexity index is 1670. The predicted octanol–water partition coefficient (Wildman–Crippen LogP) is 6.70. The second-order valence-corrected chi connectivity index (χ2v) is 11.0. The number of aryl methyl sites for hydroxylation is 1. The van der Waals surface area contributed by atoms with Crippen LogP contribution < -0.4 is 25.4 Å². The molecule has 12 heteroatoms. The minimum absolute atomic E-state index is 0.314. The molecule has 0 bridgehead atoms. The van der Waals surface area contributed by atoms with E-state index in [4.69, 9.17) is 42.6 Å². The molecule has 1 fully saturated rings. The summed E-state index contributed by atoms with van der Waals surface area (Å²) < 4.78 is 11.0. The molecule has 0 aliphatic carbocycles. The van der Waals surface area contributed by atoms with E-state index in [0.717, 1.165) is 30.3 Å². The number of nitrogens with one attached hydrogen (secondary N) is 3. The SMILES string of the molecule is C=CC(=O)Nc1cccc(C)c1Nc1ncc2cc(-c3c(Cl)c(OC)cc(OC)c3Cl)nc(NCC3CCCN3C)c2n1. The number of fused-ring (bicyclic) bond motifs is 1. The second-order valence-electron chi connectivity index (χ2n) is 10.2. The number of halogens is 2. The molecule has 10 nitrogen and oxygen atoms in total. The van der Waals surface area contributed by atoms with Gasteiger partial charge in [-0.3, -0.25) is 4.79 Å². The fraction of sp³-hybridized carbons (Fsp3) is 0.290. The second kappa shape index (κ2) is 13.0. The number of ether oxygens (including phenoxy) is 2. The molecule has 224 valence electrons. The number of hydrogen-bond acceptors (Lipinski definition) is 9. The van der Waals surface area contributed by atoms with E-state index in [1.807, 2.05) is 25.1 Å². The highest BCUT2D eigenvalue weighted by Crippen LogP contribution is 2.46. The van der Waals surface area contributed by atoms with E-state index >= 15 is 0 Å². The monoisotopic (exact) mass is 621 g/mol. The number of likely N-dealkylation sites (tertiary alicyclic amines) is 1. The van der Waals surface area contributed by atoms with Crippen molar-refractivity contribution in [2.24, 2.45) is 0 Å². The van der Waals surface area contributed by atoms with Crippen LogP contribution in [-0.2, 0) is 4.79 Å². The molecule has 3 N–H and O–H groups in total. The lowest BCUT2D eigenvalue weighted by Gasteiger charge is -2.21. The normalized spacial score (nSPS) is 14.9. The maximum atomic E-state index is 12.1. The van der Waals surface area contributed by atoms with Crippen LogP contribution in [0.3, 0.4) is 0 Å². The van der Waals surface area contributed by atoms with Crippen LogP contribution in [0.2, 0.25) is 10.0 Å². The van der Waals surface area contributed by atoms with Gasteiger partial charge in [0.15, 0.2) is 5.82 Å². The maximum Gasteiger partial charge on any atom is 0.247 e. The summed E-state index contributed by atoms with van der Waals surface area (Å²) in [4.78, 5) is 28.8. The molecule has 1 amide bonds. The number of hydrogen-bond donors (Lipinski definition) is 3. The molecule has 0 radical (unpaired) electrons. The van der Waals surface area contributed by atoms with E-state index < -0.39 is 0 Å². The Hall–Kier alpha value is -4.12. The lowest BCUT2D eigenvalue weighted by Crippen LogP contribution is -2.31. The lowest BCUT2D eigenvalue weighted by atomic mass is 10.1. The maximum absolute atomic E-state index is 12.1. The molecule has 2 aromatic carbocycles. The standard InChI is InChI=1S/C31H33Cl2N7O3/c1-6-24(41)36-20-11-7-9-17(2)28(20)38-31-35-15-18-13-21(25-26(32)22(42-4)14-23(43-5)27(25)33)37-30(29(18)39-31)34-16-19-10-8-12-40(19)3/h6-7,9,11,13-15,19H,1,8,10,12,16H2,2-5H3,(H,34,37)(H,36,41)(H,35,38,39). The molecule has 3 heterocycles. The topological polar surface area (TPSA) is 114 Å². The van der Waals surface area contributed by atoms with Crippen molar-refractivity contribution in [2.75, 3.05) is 50.3 Å². The molecule has 1 aliphatic rings. The number of anilines is 4. The van der Waals surface area contributed by atoms with Crippen molar-refractivity contribution < 1.29 is 14.3 Å². The quantitative estimate of drug-likeness (QED) is 0.166. The van der Waals surface area contributed by atoms with Crippen LogP contribution in [-0.4, -0.2) is 66.2 Å². The van der Waals surface area contributed by atoms with Gasteiger partial charge in [-0.1, -0.05) is 41.9 Å². The fourth-order valence-corrected chi connectivity index (χ4v) is 5.84. The van der Waals surface area contributed by atoms with Gasteiger partial charge in [0.05, 0.1) is 41.3 Å². The van der Waals surface area contributed by atoms with Gasteiger partial charge < -0.3 is 30.3 Å². The molecule has 4 aromatic rings. The molecular formula is C31H33Cl2N7O3. The first kappa shape index (κ1) is 30.3. The van der Waals surface area contributed by atoms with Crippen LogP contribution in [0, 0.1) is 6.92 Å². The van der Waals surface area contributed by atoms with Crippen molar-refractivity contribution in [2.45, 2.75) is 25.8 Å². The summed E-state index contributed by atoms with van der Waals surface area (Å²) in [6.45, 7) is 7.20. The number of rotatable bonds is 10. The summed E-state index contributed by atoms with van der Waals surface area (Å²) in [6, 6.07) is 9.42. The molecule has 1 aliphatic heterocycles. The number of pyridine rings is 1. The Morgan fingerprint density at radius 1 is 1.16 bits per heavy atom. The molecule has 2 aromatic heterocycles. The van der Waals surface area contributed by atoms with Crippen molar-refractivity contribution in [3.8, 4) is 22.8 Å². The summed E-state index contributed by atoms with van der Waals surface area (Å²) in [5, 5.41) is 11.0. The van der Waals surface area contributed by atoms with Gasteiger partial charge >= 0.3 is 0 Å². The lowest BCUT2D eigenvalue weighted by molar-refractivity contribution is -0.111. The first-order valence-electron chi connectivity index (χ1n) is 13.8. The van der Waals surface area contributed by atoms with Crippen molar-refractivity contribution >= 4 is 63.2 Å². The number of benzene rings is 2. The van der Waals surface area contributed by atoms with Crippen molar-refractivity contribution in [1.29, 1.82) is 0 Å². The summed E-state index contributed by atoms with van der Waals surface area (Å²) in [6.07, 6.45) is 5.16. The van der Waals surface area contributed by atoms with Crippen molar-refractivity contribution in [1.82, 2.24) is 19.9 Å². The molecule has 1 saturated heterocycles. The molecule has 0 spiro atoms. The first-order valence-corrected chi connectivity index (χ1v) is 14.5. The number of methoxy groups -OCH3 is 2. The molecular weight excluding hydrogens is 589 g/mol. The number of likely N-dealkylation sites (N-methyl/N-ethyl adjacent to an activating group) is 1. The molecule has 43 heavy (non-hydrogen) atoms.